The Morgan fingerprint density at radius 1 is 0.250 bits per heavy atom. The van der Waals surface area contributed by atoms with Crippen LogP contribution in [0.2, 0.25) is 0 Å². The average molecular weight is 1200 g/mol. The van der Waals surface area contributed by atoms with Crippen LogP contribution >= 0.6 is 0 Å². The number of nitrogens with zero attached hydrogens (tertiary/aromatic N) is 2. The highest BCUT2D eigenvalue weighted by Crippen LogP contribution is 2.50. The molecular formula is C82H90Cl2N4. The van der Waals surface area contributed by atoms with Crippen molar-refractivity contribution in [3.63, 3.8) is 0 Å². The number of benzene rings is 10. The van der Waals surface area contributed by atoms with Gasteiger partial charge in [-0.3, -0.25) is 10.6 Å². The average Bonchev–Trinajstić information content (AvgIpc) is 0.729. The Balaban J connectivity index is 0.000000205. The highest BCUT2D eigenvalue weighted by molar-refractivity contribution is 5.36. The van der Waals surface area contributed by atoms with Gasteiger partial charge in [-0.1, -0.05) is 303 Å². The van der Waals surface area contributed by atoms with E-state index in [2.05, 4.69) is 328 Å². The number of hydrogen-bond donors (Lipinski definition) is 2. The van der Waals surface area contributed by atoms with E-state index in [1.54, 1.807) is 0 Å². The number of likely N-dealkylation sites (N-methyl/N-ethyl adjacent to an activating group) is 2. The molecule has 10 aromatic carbocycles. The fourth-order valence-electron chi connectivity index (χ4n) is 16.2. The first kappa shape index (κ1) is 65.1. The van der Waals surface area contributed by atoms with Crippen molar-refractivity contribution in [2.24, 2.45) is 0 Å². The smallest absolute Gasteiger partial charge is 0.127 e. The number of nitrogens with one attached hydrogen (secondary N) is 2. The second kappa shape index (κ2) is 30.7. The van der Waals surface area contributed by atoms with Gasteiger partial charge in [0.05, 0.1) is 37.3 Å². The Morgan fingerprint density at radius 2 is 0.420 bits per heavy atom. The molecule has 4 nitrogen and oxygen atoms in total. The van der Waals surface area contributed by atoms with Crippen LogP contribution in [-0.4, -0.2) is 70.4 Å². The van der Waals surface area contributed by atoms with E-state index >= 15 is 0 Å². The normalized spacial score (nSPS) is 18.7. The summed E-state index contributed by atoms with van der Waals surface area (Å²) in [5.74, 6) is 0. The second-order valence-corrected chi connectivity index (χ2v) is 25.0. The van der Waals surface area contributed by atoms with Crippen LogP contribution in [0.25, 0.3) is 0 Å². The van der Waals surface area contributed by atoms with E-state index in [0.717, 1.165) is 113 Å². The molecule has 10 aromatic rings. The Kier molecular flexibility index (Phi) is 22.7. The van der Waals surface area contributed by atoms with Gasteiger partial charge in [0.1, 0.15) is 24.2 Å². The lowest BCUT2D eigenvalue weighted by Gasteiger charge is -2.65. The van der Waals surface area contributed by atoms with Gasteiger partial charge in [-0.05, 0) is 84.0 Å². The molecule has 2 saturated heterocycles. The standard InChI is InChI=1S/2C41H45N2.2ClH/c2*1-2-43(34-39-26-16-7-17-27-39)29-28-42-40(30-35-18-8-3-9-19-35,31-36-20-10-4-11-21-36)41(43,32-37-22-12-5-13-23-37)33-38-24-14-6-15-25-38;;/h2*3-27,42H,2,28-34H2,1H3;2*1H/q2*+1;;/p-2. The van der Waals surface area contributed by atoms with Gasteiger partial charge < -0.3 is 33.8 Å². The number of hydrogen-bond acceptors (Lipinski definition) is 2. The molecule has 2 N–H and O–H groups in total. The van der Waals surface area contributed by atoms with E-state index in [-0.39, 0.29) is 47.0 Å². The molecule has 452 valence electrons. The Hall–Kier alpha value is -7.38. The van der Waals surface area contributed by atoms with Gasteiger partial charge in [-0.25, -0.2) is 0 Å². The Morgan fingerprint density at radius 3 is 0.602 bits per heavy atom. The summed E-state index contributed by atoms with van der Waals surface area (Å²) in [6, 6.07) is 112. The molecule has 0 radical (unpaired) electrons. The third-order valence-corrected chi connectivity index (χ3v) is 20.2. The van der Waals surface area contributed by atoms with Gasteiger partial charge in [0.2, 0.25) is 0 Å². The van der Waals surface area contributed by atoms with Crippen molar-refractivity contribution >= 4 is 0 Å². The van der Waals surface area contributed by atoms with Gasteiger partial charge >= 0.3 is 0 Å². The van der Waals surface area contributed by atoms with Crippen LogP contribution in [0, 0.1) is 0 Å². The molecular weight excluding hydrogens is 1110 g/mol. The van der Waals surface area contributed by atoms with Crippen molar-refractivity contribution in [2.45, 2.75) is 100 Å². The summed E-state index contributed by atoms with van der Waals surface area (Å²) in [5, 5.41) is 8.64. The highest BCUT2D eigenvalue weighted by Gasteiger charge is 2.66. The molecule has 0 spiro atoms. The number of piperazine rings is 2. The minimum atomic E-state index is -0.204. The van der Waals surface area contributed by atoms with Crippen LogP contribution in [0.1, 0.15) is 69.5 Å². The summed E-state index contributed by atoms with van der Waals surface area (Å²) >= 11 is 0. The third-order valence-electron chi connectivity index (χ3n) is 20.2. The second-order valence-electron chi connectivity index (χ2n) is 25.0. The maximum atomic E-state index is 4.32. The predicted octanol–water partition coefficient (Wildman–Crippen LogP) is 10.2. The number of rotatable bonds is 22. The molecule has 2 fully saturated rings. The van der Waals surface area contributed by atoms with Crippen LogP contribution in [-0.2, 0) is 64.5 Å². The van der Waals surface area contributed by atoms with E-state index < -0.39 is 0 Å². The quantitative estimate of drug-likeness (QED) is 0.0661. The summed E-state index contributed by atoms with van der Waals surface area (Å²) < 4.78 is 2.07. The molecule has 0 amide bonds. The van der Waals surface area contributed by atoms with Gasteiger partial charge in [0, 0.05) is 49.9 Å². The molecule has 0 saturated carbocycles. The Bertz CT molecular complexity index is 3160. The lowest BCUT2D eigenvalue weighted by Crippen LogP contribution is -3.00. The van der Waals surface area contributed by atoms with Crippen LogP contribution in [0.4, 0.5) is 0 Å². The van der Waals surface area contributed by atoms with E-state index in [1.807, 2.05) is 0 Å². The maximum Gasteiger partial charge on any atom is 0.127 e. The van der Waals surface area contributed by atoms with E-state index in [9.17, 15) is 0 Å². The zero-order valence-corrected chi connectivity index (χ0v) is 53.3. The number of quaternary nitrogens is 2. The highest BCUT2D eigenvalue weighted by atomic mass is 35.5. The van der Waals surface area contributed by atoms with E-state index in [4.69, 9.17) is 0 Å². The fourth-order valence-corrected chi connectivity index (χ4v) is 16.2. The summed E-state index contributed by atoms with van der Waals surface area (Å²) in [7, 11) is 0. The van der Waals surface area contributed by atoms with E-state index in [1.165, 1.54) is 55.6 Å². The van der Waals surface area contributed by atoms with Crippen molar-refractivity contribution in [2.75, 3.05) is 39.3 Å². The molecule has 2 heterocycles. The molecule has 0 bridgehead atoms. The summed E-state index contributed by atoms with van der Waals surface area (Å²) in [5.41, 5.74) is 13.4. The van der Waals surface area contributed by atoms with Crippen LogP contribution in [0.3, 0.4) is 0 Å². The summed E-state index contributed by atoms with van der Waals surface area (Å²) in [6.07, 6.45) is 7.86. The van der Waals surface area contributed by atoms with Gasteiger partial charge in [0.25, 0.3) is 0 Å². The van der Waals surface area contributed by atoms with Crippen molar-refractivity contribution in [3.05, 3.63) is 359 Å². The maximum absolute atomic E-state index is 4.32. The molecule has 0 aliphatic carbocycles. The first-order valence-electron chi connectivity index (χ1n) is 31.9. The van der Waals surface area contributed by atoms with Crippen LogP contribution in [0.15, 0.2) is 303 Å². The largest absolute Gasteiger partial charge is 1.00 e. The lowest BCUT2D eigenvalue weighted by atomic mass is 9.60. The monoisotopic (exact) mass is 1200 g/mol. The zero-order chi connectivity index (χ0) is 58.9. The molecule has 2 atom stereocenters. The third kappa shape index (κ3) is 14.5. The molecule has 2 aliphatic heterocycles. The minimum Gasteiger partial charge on any atom is -1.00 e. The fraction of sp³-hybridized carbons (Fsp3) is 0.268. The molecule has 2 aliphatic rings. The topological polar surface area (TPSA) is 24.1 Å². The SMILES string of the molecule is CC[N+]1(Cc2ccccc2)CCNC(Cc2ccccc2)(Cc2ccccc2)C1(Cc1ccccc1)Cc1ccccc1.CC[N+]1(Cc2ccccc2)CCNC(Cc2ccccc2)(Cc2ccccc2)C1(Cc1ccccc1)Cc1ccccc1.[Cl-].[Cl-]. The lowest BCUT2D eigenvalue weighted by molar-refractivity contribution is -0.995. The summed E-state index contributed by atoms with van der Waals surface area (Å²) in [4.78, 5) is 0. The van der Waals surface area contributed by atoms with E-state index in [0.29, 0.717) is 0 Å². The molecule has 88 heavy (non-hydrogen) atoms. The molecule has 2 unspecified atom stereocenters. The number of halogens is 2. The van der Waals surface area contributed by atoms with Crippen molar-refractivity contribution in [1.82, 2.24) is 10.6 Å². The van der Waals surface area contributed by atoms with Crippen molar-refractivity contribution in [3.8, 4) is 0 Å². The van der Waals surface area contributed by atoms with Gasteiger partial charge in [-0.15, -0.1) is 0 Å². The van der Waals surface area contributed by atoms with Gasteiger partial charge in [-0.2, -0.15) is 0 Å². The minimum absolute atomic E-state index is 0. The molecule has 12 rings (SSSR count). The van der Waals surface area contributed by atoms with Crippen molar-refractivity contribution in [1.29, 1.82) is 0 Å². The molecule has 0 aromatic heterocycles. The molecule has 6 heteroatoms. The summed E-state index contributed by atoms with van der Waals surface area (Å²) in [6.45, 7) is 13.2. The first-order chi connectivity index (χ1) is 42.3. The van der Waals surface area contributed by atoms with Crippen LogP contribution < -0.4 is 35.4 Å². The van der Waals surface area contributed by atoms with Crippen LogP contribution in [0.5, 0.6) is 0 Å². The zero-order valence-electron chi connectivity index (χ0n) is 51.8. The van der Waals surface area contributed by atoms with Crippen molar-refractivity contribution < 1.29 is 33.8 Å². The first-order valence-corrected chi connectivity index (χ1v) is 31.9. The predicted molar refractivity (Wildman–Crippen MR) is 360 cm³/mol. The van der Waals surface area contributed by atoms with Gasteiger partial charge in [0.15, 0.2) is 0 Å². The Labute approximate surface area is 539 Å².